The molecule has 4 nitrogen and oxygen atoms in total. The van der Waals surface area contributed by atoms with Crippen molar-refractivity contribution in [3.63, 3.8) is 0 Å². The summed E-state index contributed by atoms with van der Waals surface area (Å²) in [5, 5.41) is 12.5. The molecular weight excluding hydrogens is 457 g/mol. The van der Waals surface area contributed by atoms with Gasteiger partial charge in [-0.2, -0.15) is 0 Å². The highest BCUT2D eigenvalue weighted by Gasteiger charge is 2.29. The lowest BCUT2D eigenvalue weighted by atomic mass is 9.96. The van der Waals surface area contributed by atoms with Crippen LogP contribution < -0.4 is 5.32 Å². The molecule has 32 heavy (non-hydrogen) atoms. The Kier molecular flexibility index (Phi) is 11.3. The van der Waals surface area contributed by atoms with Crippen molar-refractivity contribution in [2.45, 2.75) is 98.9 Å². The fourth-order valence-electron chi connectivity index (χ4n) is 3.80. The lowest BCUT2D eigenvalue weighted by Crippen LogP contribution is -2.41. The second-order valence-corrected chi connectivity index (χ2v) is 12.5. The van der Waals surface area contributed by atoms with E-state index in [4.69, 9.17) is 0 Å². The van der Waals surface area contributed by atoms with Gasteiger partial charge in [-0.1, -0.05) is 64.3 Å². The third kappa shape index (κ3) is 7.90. The molecule has 7 heteroatoms. The number of nitrogens with one attached hydrogen (secondary N) is 1. The van der Waals surface area contributed by atoms with Crippen molar-refractivity contribution in [2.24, 2.45) is 0 Å². The maximum Gasteiger partial charge on any atom is 0.225 e. The zero-order valence-electron chi connectivity index (χ0n) is 19.8. The molecule has 0 aromatic heterocycles. The molecule has 0 aliphatic carbocycles. The number of hydrogen-bond donors (Lipinski definition) is 2. The first-order valence-electron chi connectivity index (χ1n) is 11.6. The van der Waals surface area contributed by atoms with Crippen molar-refractivity contribution >= 4 is 45.0 Å². The number of amides is 1. The fraction of sp³-hybridized carbons (Fsp3) is 0.600. The van der Waals surface area contributed by atoms with E-state index in [-0.39, 0.29) is 29.5 Å². The molecule has 178 valence electrons. The van der Waals surface area contributed by atoms with Crippen LogP contribution in [-0.2, 0) is 9.59 Å². The van der Waals surface area contributed by atoms with Gasteiger partial charge >= 0.3 is 0 Å². The maximum absolute atomic E-state index is 12.7. The third-order valence-corrected chi connectivity index (χ3v) is 9.07. The summed E-state index contributed by atoms with van der Waals surface area (Å²) in [5.74, 6) is 0.333. The summed E-state index contributed by atoms with van der Waals surface area (Å²) in [6.07, 6.45) is 7.33. The normalized spacial score (nSPS) is 20.1. The maximum atomic E-state index is 12.7. The lowest BCUT2D eigenvalue weighted by Gasteiger charge is -2.29. The van der Waals surface area contributed by atoms with Gasteiger partial charge in [0.25, 0.3) is 0 Å². The Hall–Kier alpha value is -0.810. The second kappa shape index (κ2) is 13.2. The molecule has 1 aliphatic heterocycles. The third-order valence-electron chi connectivity index (χ3n) is 5.76. The van der Waals surface area contributed by atoms with Crippen molar-refractivity contribution in [1.82, 2.24) is 5.32 Å². The van der Waals surface area contributed by atoms with E-state index in [1.807, 2.05) is 6.92 Å². The van der Waals surface area contributed by atoms with E-state index in [1.54, 1.807) is 11.8 Å². The number of rotatable bonds is 12. The van der Waals surface area contributed by atoms with Crippen LogP contribution >= 0.6 is 32.8 Å². The number of benzene rings is 1. The molecule has 2 N–H and O–H groups in total. The van der Waals surface area contributed by atoms with Gasteiger partial charge in [-0.3, -0.25) is 9.59 Å². The second-order valence-electron chi connectivity index (χ2n) is 8.89. The Morgan fingerprint density at radius 1 is 1.28 bits per heavy atom. The Bertz CT molecular complexity index is 825. The Balaban J connectivity index is 2.21. The van der Waals surface area contributed by atoms with Crippen LogP contribution in [0.1, 0.15) is 84.1 Å². The minimum atomic E-state index is -0.381. The van der Waals surface area contributed by atoms with Gasteiger partial charge in [0.05, 0.1) is 23.6 Å². The van der Waals surface area contributed by atoms with Crippen LogP contribution in [0.3, 0.4) is 0 Å². The van der Waals surface area contributed by atoms with Gasteiger partial charge in [0.1, 0.15) is 6.29 Å². The molecule has 1 heterocycles. The zero-order chi connectivity index (χ0) is 23.7. The number of carbonyl (C=O) groups excluding carboxylic acids is 2. The molecule has 0 fully saturated rings. The average molecular weight is 496 g/mol. The van der Waals surface area contributed by atoms with E-state index in [0.717, 1.165) is 40.2 Å². The topological polar surface area (TPSA) is 66.4 Å². The fourth-order valence-corrected chi connectivity index (χ4v) is 6.74. The number of aldehydes is 1. The molecule has 0 radical (unpaired) electrons. The van der Waals surface area contributed by atoms with Crippen LogP contribution in [0, 0.1) is 0 Å². The smallest absolute Gasteiger partial charge is 0.225 e. The standard InChI is InChI=1S/C25H38NO3PS2/c1-5-7-9-17(3)18-10-11-20-21(13-18)31-22(16-28)24(32-20)19(15-27)14-23(29)26-25(4,30)12-8-6-2/h10-11,13,15,17,22,28H,5-9,12,14,16,30H2,1-4H3,(H,26,29)/b24-19-. The number of aliphatic hydroxyl groups excluding tert-OH is 1. The monoisotopic (exact) mass is 495 g/mol. The van der Waals surface area contributed by atoms with E-state index in [0.29, 0.717) is 11.5 Å². The molecule has 1 aliphatic rings. The number of carbonyl (C=O) groups is 2. The van der Waals surface area contributed by atoms with Gasteiger partial charge in [0, 0.05) is 20.3 Å². The summed E-state index contributed by atoms with van der Waals surface area (Å²) in [6.45, 7) is 8.50. The van der Waals surface area contributed by atoms with Crippen LogP contribution in [0.15, 0.2) is 38.5 Å². The summed E-state index contributed by atoms with van der Waals surface area (Å²) in [4.78, 5) is 27.7. The quantitative estimate of drug-likeness (QED) is 0.203. The molecule has 0 saturated heterocycles. The van der Waals surface area contributed by atoms with Crippen LogP contribution in [-0.4, -0.2) is 34.4 Å². The van der Waals surface area contributed by atoms with Gasteiger partial charge < -0.3 is 10.4 Å². The van der Waals surface area contributed by atoms with E-state index in [9.17, 15) is 14.7 Å². The highest BCUT2D eigenvalue weighted by molar-refractivity contribution is 8.08. The largest absolute Gasteiger partial charge is 0.395 e. The number of aliphatic hydroxyl groups is 1. The first kappa shape index (κ1) is 27.4. The predicted octanol–water partition coefficient (Wildman–Crippen LogP) is 6.28. The lowest BCUT2D eigenvalue weighted by molar-refractivity contribution is -0.122. The molecule has 1 aromatic rings. The van der Waals surface area contributed by atoms with Crippen molar-refractivity contribution in [3.05, 3.63) is 34.2 Å². The van der Waals surface area contributed by atoms with Crippen molar-refractivity contribution in [1.29, 1.82) is 0 Å². The van der Waals surface area contributed by atoms with E-state index in [2.05, 4.69) is 53.5 Å². The molecule has 4 atom stereocenters. The van der Waals surface area contributed by atoms with Crippen LogP contribution in [0.4, 0.5) is 0 Å². The molecule has 0 spiro atoms. The van der Waals surface area contributed by atoms with Gasteiger partial charge in [-0.05, 0) is 43.4 Å². The van der Waals surface area contributed by atoms with Crippen molar-refractivity contribution in [2.75, 3.05) is 6.61 Å². The number of thioether (sulfide) groups is 2. The molecule has 0 saturated carbocycles. The van der Waals surface area contributed by atoms with E-state index in [1.165, 1.54) is 36.6 Å². The van der Waals surface area contributed by atoms with E-state index >= 15 is 0 Å². The Labute approximate surface area is 204 Å². The minimum Gasteiger partial charge on any atom is -0.395 e. The molecule has 1 aromatic carbocycles. The predicted molar refractivity (Wildman–Crippen MR) is 140 cm³/mol. The average Bonchev–Trinajstić information content (AvgIpc) is 2.78. The minimum absolute atomic E-state index is 0.0283. The first-order valence-corrected chi connectivity index (χ1v) is 13.9. The van der Waals surface area contributed by atoms with Crippen molar-refractivity contribution in [3.8, 4) is 0 Å². The highest BCUT2D eigenvalue weighted by atomic mass is 32.2. The Morgan fingerprint density at radius 2 is 2.00 bits per heavy atom. The van der Waals surface area contributed by atoms with Crippen molar-refractivity contribution < 1.29 is 14.7 Å². The van der Waals surface area contributed by atoms with Crippen LogP contribution in [0.5, 0.6) is 0 Å². The van der Waals surface area contributed by atoms with Crippen LogP contribution in [0.25, 0.3) is 0 Å². The summed E-state index contributed by atoms with van der Waals surface area (Å²) in [5.41, 5.74) is 1.78. The molecule has 0 bridgehead atoms. The highest BCUT2D eigenvalue weighted by Crippen LogP contribution is 2.49. The Morgan fingerprint density at radius 3 is 2.62 bits per heavy atom. The van der Waals surface area contributed by atoms with E-state index < -0.39 is 0 Å². The summed E-state index contributed by atoms with van der Waals surface area (Å²) in [7, 11) is 2.72. The molecular formula is C25H38NO3PS2. The summed E-state index contributed by atoms with van der Waals surface area (Å²) >= 11 is 3.11. The van der Waals surface area contributed by atoms with Gasteiger partial charge in [0.2, 0.25) is 5.91 Å². The first-order chi connectivity index (χ1) is 15.2. The SMILES string of the molecule is CCCCC(C)c1ccc2c(c1)SC(CO)/C(=C(/C=O)CC(=O)NC(C)(P)CCCC)S2. The van der Waals surface area contributed by atoms with Gasteiger partial charge in [-0.25, -0.2) is 0 Å². The number of hydrogen-bond acceptors (Lipinski definition) is 5. The molecule has 4 unspecified atom stereocenters. The molecule has 2 rings (SSSR count). The summed E-state index contributed by atoms with van der Waals surface area (Å²) in [6, 6.07) is 6.52. The van der Waals surface area contributed by atoms with Gasteiger partial charge in [0.15, 0.2) is 0 Å². The van der Waals surface area contributed by atoms with Crippen LogP contribution in [0.2, 0.25) is 0 Å². The number of fused-ring (bicyclic) bond motifs is 1. The molecule has 1 amide bonds. The zero-order valence-corrected chi connectivity index (χ0v) is 22.6. The number of unbranched alkanes of at least 4 members (excludes halogenated alkanes) is 2. The summed E-state index contributed by atoms with van der Waals surface area (Å²) < 4.78 is 0. The van der Waals surface area contributed by atoms with Gasteiger partial charge in [-0.15, -0.1) is 21.0 Å².